The summed E-state index contributed by atoms with van der Waals surface area (Å²) < 4.78 is 52.5. The number of carbonyl (C=O) groups is 2. The van der Waals surface area contributed by atoms with Crippen molar-refractivity contribution in [2.75, 3.05) is 46.6 Å². The van der Waals surface area contributed by atoms with Crippen molar-refractivity contribution in [3.63, 3.8) is 0 Å². The number of amides is 2. The molecule has 2 saturated heterocycles. The number of anilines is 4. The third kappa shape index (κ3) is 7.53. The maximum Gasteiger partial charge on any atom is 0.282 e. The normalized spacial score (nSPS) is 21.2. The largest absolute Gasteiger partial charge is 0.358 e. The van der Waals surface area contributed by atoms with Gasteiger partial charge in [0, 0.05) is 23.2 Å². The zero-order chi connectivity index (χ0) is 33.5. The highest BCUT2D eigenvalue weighted by Crippen LogP contribution is 2.43. The van der Waals surface area contributed by atoms with Crippen LogP contribution in [0.5, 0.6) is 0 Å². The van der Waals surface area contributed by atoms with E-state index in [1.54, 1.807) is 24.3 Å². The SMILES string of the molecule is O=C(Cc1ccc(N2CC(F)(F)C2)cn1)Nc1nnc([C@H]2CCC[C@H](c3nnc(NC(=O)Cc4ccc(N5CC(F)(F)C5)cn4)s3)C2)s1. The topological polar surface area (TPSA) is 142 Å². The van der Waals surface area contributed by atoms with Gasteiger partial charge in [0.15, 0.2) is 0 Å². The van der Waals surface area contributed by atoms with E-state index in [1.165, 1.54) is 44.9 Å². The Hall–Kier alpha value is -4.32. The Morgan fingerprint density at radius 1 is 0.708 bits per heavy atom. The molecule has 18 heteroatoms. The average Bonchev–Trinajstić information content (AvgIpc) is 3.69. The summed E-state index contributed by atoms with van der Waals surface area (Å²) in [5.41, 5.74) is 2.22. The smallest absolute Gasteiger partial charge is 0.282 e. The molecule has 0 radical (unpaired) electrons. The van der Waals surface area contributed by atoms with Gasteiger partial charge < -0.3 is 20.4 Å². The van der Waals surface area contributed by atoms with Crippen molar-refractivity contribution in [1.29, 1.82) is 0 Å². The van der Waals surface area contributed by atoms with Crippen LogP contribution < -0.4 is 20.4 Å². The van der Waals surface area contributed by atoms with Crippen LogP contribution >= 0.6 is 22.7 Å². The van der Waals surface area contributed by atoms with Crippen molar-refractivity contribution in [1.82, 2.24) is 30.4 Å². The van der Waals surface area contributed by atoms with Crippen LogP contribution in [0.1, 0.15) is 58.9 Å². The molecule has 4 aromatic heterocycles. The molecule has 12 nitrogen and oxygen atoms in total. The lowest BCUT2D eigenvalue weighted by atomic mass is 9.82. The van der Waals surface area contributed by atoms with Crippen LogP contribution in [0.4, 0.5) is 39.2 Å². The molecule has 3 aliphatic rings. The molecule has 3 fully saturated rings. The number of halogens is 4. The van der Waals surface area contributed by atoms with E-state index in [9.17, 15) is 27.2 Å². The van der Waals surface area contributed by atoms with E-state index in [0.29, 0.717) is 33.0 Å². The fraction of sp³-hybridized carbons (Fsp3) is 0.467. The molecule has 1 saturated carbocycles. The van der Waals surface area contributed by atoms with Crippen LogP contribution in [0.15, 0.2) is 36.7 Å². The van der Waals surface area contributed by atoms with E-state index in [2.05, 4.69) is 41.0 Å². The van der Waals surface area contributed by atoms with Crippen molar-refractivity contribution < 1.29 is 27.2 Å². The molecule has 4 aromatic rings. The molecule has 48 heavy (non-hydrogen) atoms. The molecule has 0 aromatic carbocycles. The lowest BCUT2D eigenvalue weighted by Gasteiger charge is -2.40. The second-order valence-corrected chi connectivity index (χ2v) is 14.4. The Bertz CT molecular complexity index is 1640. The third-order valence-corrected chi connectivity index (χ3v) is 10.5. The van der Waals surface area contributed by atoms with E-state index in [-0.39, 0.29) is 62.7 Å². The van der Waals surface area contributed by atoms with Gasteiger partial charge in [0.05, 0.1) is 62.8 Å². The molecule has 2 N–H and O–H groups in total. The second-order valence-electron chi connectivity index (χ2n) is 12.3. The summed E-state index contributed by atoms with van der Waals surface area (Å²) in [6.07, 6.45) is 6.60. The maximum atomic E-state index is 13.1. The van der Waals surface area contributed by atoms with Gasteiger partial charge in [-0.25, -0.2) is 17.6 Å². The summed E-state index contributed by atoms with van der Waals surface area (Å²) in [5.74, 6) is -5.67. The van der Waals surface area contributed by atoms with Gasteiger partial charge in [-0.05, 0) is 43.5 Å². The van der Waals surface area contributed by atoms with E-state index in [1.807, 2.05) is 0 Å². The number of hydrogen-bond donors (Lipinski definition) is 2. The van der Waals surface area contributed by atoms with Gasteiger partial charge in [-0.3, -0.25) is 19.6 Å². The minimum absolute atomic E-state index is 0.0120. The van der Waals surface area contributed by atoms with Gasteiger partial charge in [0.2, 0.25) is 22.1 Å². The maximum absolute atomic E-state index is 13.1. The second kappa shape index (κ2) is 12.9. The van der Waals surface area contributed by atoms with E-state index in [0.717, 1.165) is 35.7 Å². The fourth-order valence-corrected chi connectivity index (χ4v) is 7.81. The summed E-state index contributed by atoms with van der Waals surface area (Å²) in [7, 11) is 0. The molecule has 2 amide bonds. The fourth-order valence-electron chi connectivity index (χ4n) is 6.00. The van der Waals surface area contributed by atoms with Crippen molar-refractivity contribution in [3.05, 3.63) is 58.1 Å². The van der Waals surface area contributed by atoms with Crippen LogP contribution in [-0.2, 0) is 22.4 Å². The standard InChI is InChI=1S/C30H30F4N10O2S2/c31-29(32)13-43(14-29)21-6-4-19(35-11-21)9-23(45)37-27-41-39-25(47-27)17-2-1-3-18(8-17)26-40-42-28(48-26)38-24(46)10-20-5-7-22(12-36-20)44-15-30(33,34)16-44/h4-7,11-12,17-18H,1-3,8-10,13-16H2,(H,37,41,45)(H,38,42,46)/t17-,18-/m0/s1. The van der Waals surface area contributed by atoms with Gasteiger partial charge in [0.25, 0.3) is 11.8 Å². The van der Waals surface area contributed by atoms with Crippen LogP contribution in [0.25, 0.3) is 0 Å². The van der Waals surface area contributed by atoms with Crippen molar-refractivity contribution in [3.8, 4) is 0 Å². The number of rotatable bonds is 10. The molecule has 6 heterocycles. The molecule has 0 bridgehead atoms. The molecular formula is C30H30F4N10O2S2. The number of nitrogens with zero attached hydrogens (tertiary/aromatic N) is 8. The molecule has 2 aliphatic heterocycles. The Morgan fingerprint density at radius 2 is 1.15 bits per heavy atom. The molecule has 7 rings (SSSR count). The van der Waals surface area contributed by atoms with Gasteiger partial charge in [-0.15, -0.1) is 20.4 Å². The van der Waals surface area contributed by atoms with Crippen LogP contribution in [0.2, 0.25) is 0 Å². The summed E-state index contributed by atoms with van der Waals surface area (Å²) in [6.45, 7) is -1.33. The Morgan fingerprint density at radius 3 is 1.52 bits per heavy atom. The van der Waals surface area contributed by atoms with Crippen LogP contribution in [0, 0.1) is 0 Å². The number of nitrogens with one attached hydrogen (secondary N) is 2. The van der Waals surface area contributed by atoms with Gasteiger partial charge >= 0.3 is 0 Å². The molecule has 252 valence electrons. The Labute approximate surface area is 280 Å². The number of hydrogen-bond acceptors (Lipinski definition) is 12. The molecule has 2 atom stereocenters. The molecule has 1 aliphatic carbocycles. The van der Waals surface area contributed by atoms with Gasteiger partial charge in [-0.1, -0.05) is 29.1 Å². The highest BCUT2D eigenvalue weighted by Gasteiger charge is 2.44. The zero-order valence-corrected chi connectivity index (χ0v) is 27.0. The summed E-state index contributed by atoms with van der Waals surface area (Å²) in [5, 5.41) is 25.0. The lowest BCUT2D eigenvalue weighted by Crippen LogP contribution is -2.56. The van der Waals surface area contributed by atoms with Crippen molar-refractivity contribution in [2.45, 2.75) is 62.2 Å². The minimum Gasteiger partial charge on any atom is -0.358 e. The highest BCUT2D eigenvalue weighted by molar-refractivity contribution is 7.15. The van der Waals surface area contributed by atoms with E-state index >= 15 is 0 Å². The third-order valence-electron chi connectivity index (χ3n) is 8.47. The Kier molecular flexibility index (Phi) is 8.69. The summed E-state index contributed by atoms with van der Waals surface area (Å²) in [6, 6.07) is 6.68. The molecule has 0 unspecified atom stereocenters. The van der Waals surface area contributed by atoms with Crippen LogP contribution in [0.3, 0.4) is 0 Å². The quantitative estimate of drug-likeness (QED) is 0.219. The van der Waals surface area contributed by atoms with E-state index < -0.39 is 11.8 Å². The highest BCUT2D eigenvalue weighted by atomic mass is 32.1. The number of alkyl halides is 4. The predicted molar refractivity (Wildman–Crippen MR) is 171 cm³/mol. The first-order chi connectivity index (χ1) is 23.0. The lowest BCUT2D eigenvalue weighted by molar-refractivity contribution is -0.116. The monoisotopic (exact) mass is 702 g/mol. The van der Waals surface area contributed by atoms with Crippen molar-refractivity contribution >= 4 is 56.1 Å². The van der Waals surface area contributed by atoms with E-state index in [4.69, 9.17) is 0 Å². The average molecular weight is 703 g/mol. The first-order valence-corrected chi connectivity index (χ1v) is 17.0. The first kappa shape index (κ1) is 32.2. The number of carbonyl (C=O) groups excluding carboxylic acids is 2. The summed E-state index contributed by atoms with van der Waals surface area (Å²) >= 11 is 2.66. The predicted octanol–water partition coefficient (Wildman–Crippen LogP) is 4.89. The first-order valence-electron chi connectivity index (χ1n) is 15.4. The number of aromatic nitrogens is 6. The van der Waals surface area contributed by atoms with Gasteiger partial charge in [-0.2, -0.15) is 0 Å². The number of pyridine rings is 2. The molecule has 0 spiro atoms. The van der Waals surface area contributed by atoms with Crippen LogP contribution in [-0.4, -0.2) is 80.2 Å². The zero-order valence-electron chi connectivity index (χ0n) is 25.4. The Balaban J connectivity index is 0.876. The van der Waals surface area contributed by atoms with Gasteiger partial charge in [0.1, 0.15) is 10.0 Å². The summed E-state index contributed by atoms with van der Waals surface area (Å²) in [4.78, 5) is 36.8. The minimum atomic E-state index is -2.67. The van der Waals surface area contributed by atoms with Crippen molar-refractivity contribution in [2.24, 2.45) is 0 Å². The molecular weight excluding hydrogens is 673 g/mol.